The van der Waals surface area contributed by atoms with Gasteiger partial charge >= 0.3 is 6.18 Å². The van der Waals surface area contributed by atoms with E-state index in [1.807, 2.05) is 17.2 Å². The molecule has 2 aliphatic rings. The number of nitrogens with zero attached hydrogens (tertiary/aromatic N) is 2. The number of alkyl halides is 3. The molecular weight excluding hydrogens is 534 g/mol. The number of benzene rings is 2. The largest absolute Gasteiger partial charge is 0.416 e. The van der Waals surface area contributed by atoms with Crippen molar-refractivity contribution < 1.29 is 18.0 Å². The van der Waals surface area contributed by atoms with Crippen LogP contribution in [0.2, 0.25) is 10.0 Å². The van der Waals surface area contributed by atoms with Crippen LogP contribution in [-0.2, 0) is 11.0 Å². The molecule has 3 heterocycles. The third-order valence-electron chi connectivity index (χ3n) is 7.87. The molecule has 0 radical (unpaired) electrons. The van der Waals surface area contributed by atoms with Gasteiger partial charge in [-0.25, -0.2) is 0 Å². The van der Waals surface area contributed by atoms with Crippen molar-refractivity contribution in [2.45, 2.75) is 37.8 Å². The first-order chi connectivity index (χ1) is 18.2. The Bertz CT molecular complexity index is 1320. The van der Waals surface area contributed by atoms with E-state index in [0.29, 0.717) is 27.4 Å². The average molecular weight is 564 g/mol. The highest BCUT2D eigenvalue weighted by atomic mass is 35.5. The van der Waals surface area contributed by atoms with E-state index >= 15 is 0 Å². The lowest BCUT2D eigenvalue weighted by Crippen LogP contribution is -2.42. The second kappa shape index (κ2) is 11.3. The van der Waals surface area contributed by atoms with E-state index in [2.05, 4.69) is 9.88 Å². The molecule has 5 rings (SSSR count). The number of fused-ring (bicyclic) bond motifs is 1. The number of amides is 1. The van der Waals surface area contributed by atoms with Crippen molar-refractivity contribution in [2.24, 2.45) is 5.92 Å². The fourth-order valence-corrected chi connectivity index (χ4v) is 5.99. The summed E-state index contributed by atoms with van der Waals surface area (Å²) in [6, 6.07) is 9.27. The van der Waals surface area contributed by atoms with Crippen LogP contribution in [0.5, 0.6) is 0 Å². The molecule has 0 aliphatic carbocycles. The van der Waals surface area contributed by atoms with Gasteiger partial charge in [0, 0.05) is 42.8 Å². The molecule has 9 heteroatoms. The molecule has 0 saturated carbocycles. The fraction of sp³-hybridized carbons (Fsp3) is 0.414. The molecule has 0 spiro atoms. The van der Waals surface area contributed by atoms with Gasteiger partial charge in [0.2, 0.25) is 5.91 Å². The Morgan fingerprint density at radius 1 is 0.974 bits per heavy atom. The van der Waals surface area contributed by atoms with Crippen molar-refractivity contribution in [3.63, 3.8) is 0 Å². The second-order valence-electron chi connectivity index (χ2n) is 10.4. The molecule has 1 N–H and O–H groups in total. The Kier molecular flexibility index (Phi) is 8.08. The van der Waals surface area contributed by atoms with Crippen LogP contribution in [0.3, 0.4) is 0 Å². The number of likely N-dealkylation sites (tertiary alicyclic amines) is 2. The maximum atomic E-state index is 13.0. The summed E-state index contributed by atoms with van der Waals surface area (Å²) in [6.07, 6.45) is 4.86. The number of piperidine rings is 2. The smallest absolute Gasteiger partial charge is 0.361 e. The Labute approximate surface area is 230 Å². The third kappa shape index (κ3) is 6.22. The Morgan fingerprint density at radius 2 is 1.71 bits per heavy atom. The SMILES string of the molecule is O=C(/C=C/c1ccc(Cl)c(Cl)c1)N1CCC(CN2CCC(c3c[nH]c4cc(C(F)(F)F)ccc34)CC2)CC1. The van der Waals surface area contributed by atoms with Gasteiger partial charge in [0.25, 0.3) is 0 Å². The third-order valence-corrected chi connectivity index (χ3v) is 8.61. The number of rotatable bonds is 5. The number of hydrogen-bond donors (Lipinski definition) is 1. The summed E-state index contributed by atoms with van der Waals surface area (Å²) in [5, 5.41) is 1.84. The van der Waals surface area contributed by atoms with Crippen molar-refractivity contribution in [3.8, 4) is 0 Å². The molecule has 1 aromatic heterocycles. The highest BCUT2D eigenvalue weighted by Crippen LogP contribution is 2.37. The molecule has 3 aromatic rings. The van der Waals surface area contributed by atoms with E-state index in [0.717, 1.165) is 74.9 Å². The first-order valence-electron chi connectivity index (χ1n) is 13.0. The highest BCUT2D eigenvalue weighted by Gasteiger charge is 2.31. The number of carbonyl (C=O) groups is 1. The Balaban J connectivity index is 1.08. The fourth-order valence-electron chi connectivity index (χ4n) is 5.68. The van der Waals surface area contributed by atoms with Crippen LogP contribution in [0, 0.1) is 5.92 Å². The van der Waals surface area contributed by atoms with E-state index in [1.54, 1.807) is 30.4 Å². The van der Waals surface area contributed by atoms with Gasteiger partial charge < -0.3 is 14.8 Å². The molecule has 2 saturated heterocycles. The highest BCUT2D eigenvalue weighted by molar-refractivity contribution is 6.42. The van der Waals surface area contributed by atoms with Crippen molar-refractivity contribution >= 4 is 46.1 Å². The Morgan fingerprint density at radius 3 is 2.39 bits per heavy atom. The number of H-pyrrole nitrogens is 1. The molecule has 1 amide bonds. The molecular formula is C29H30Cl2F3N3O. The zero-order valence-corrected chi connectivity index (χ0v) is 22.4. The van der Waals surface area contributed by atoms with Gasteiger partial charge in [-0.15, -0.1) is 0 Å². The predicted octanol–water partition coefficient (Wildman–Crippen LogP) is 7.62. The van der Waals surface area contributed by atoms with Crippen LogP contribution in [0.4, 0.5) is 13.2 Å². The number of nitrogens with one attached hydrogen (secondary N) is 1. The van der Waals surface area contributed by atoms with Gasteiger partial charge in [-0.2, -0.15) is 13.2 Å². The molecule has 0 unspecified atom stereocenters. The number of carbonyl (C=O) groups excluding carboxylic acids is 1. The Hall–Kier alpha value is -2.48. The standard InChI is InChI=1S/C29H30Cl2F3N3O/c30-25-5-1-19(15-26(25)31)2-6-28(38)37-13-7-20(8-14-37)18-36-11-9-21(10-12-36)24-17-35-27-16-22(29(32,33)34)3-4-23(24)27/h1-6,15-17,20-21,35H,7-14,18H2/b6-2+. The van der Waals surface area contributed by atoms with Crippen molar-refractivity contribution in [1.82, 2.24) is 14.8 Å². The van der Waals surface area contributed by atoms with Gasteiger partial charge in [-0.05, 0) is 92.1 Å². The summed E-state index contributed by atoms with van der Waals surface area (Å²) >= 11 is 12.0. The first-order valence-corrected chi connectivity index (χ1v) is 13.8. The number of halogens is 5. The number of hydrogen-bond acceptors (Lipinski definition) is 2. The van der Waals surface area contributed by atoms with Crippen molar-refractivity contribution in [1.29, 1.82) is 0 Å². The zero-order valence-electron chi connectivity index (χ0n) is 20.9. The van der Waals surface area contributed by atoms with Gasteiger partial charge in [-0.1, -0.05) is 35.3 Å². The zero-order chi connectivity index (χ0) is 26.9. The lowest BCUT2D eigenvalue weighted by Gasteiger charge is -2.37. The van der Waals surface area contributed by atoms with E-state index in [-0.39, 0.29) is 5.91 Å². The maximum Gasteiger partial charge on any atom is 0.416 e. The maximum absolute atomic E-state index is 13.0. The van der Waals surface area contributed by atoms with E-state index < -0.39 is 11.7 Å². The topological polar surface area (TPSA) is 39.3 Å². The molecule has 0 bridgehead atoms. The number of aromatic nitrogens is 1. The lowest BCUT2D eigenvalue weighted by atomic mass is 9.88. The minimum Gasteiger partial charge on any atom is -0.361 e. The minimum absolute atomic E-state index is 0.0106. The van der Waals surface area contributed by atoms with E-state index in [4.69, 9.17) is 23.2 Å². The predicted molar refractivity (Wildman–Crippen MR) is 147 cm³/mol. The van der Waals surface area contributed by atoms with Gasteiger partial charge in [0.1, 0.15) is 0 Å². The van der Waals surface area contributed by atoms with Crippen LogP contribution in [0.25, 0.3) is 17.0 Å². The number of aromatic amines is 1. The molecule has 202 valence electrons. The summed E-state index contributed by atoms with van der Waals surface area (Å²) in [5.74, 6) is 0.915. The normalized spacial score (nSPS) is 18.6. The molecule has 2 fully saturated rings. The van der Waals surface area contributed by atoms with Gasteiger partial charge in [0.05, 0.1) is 15.6 Å². The van der Waals surface area contributed by atoms with Crippen LogP contribution in [0.1, 0.15) is 48.3 Å². The van der Waals surface area contributed by atoms with E-state index in [9.17, 15) is 18.0 Å². The summed E-state index contributed by atoms with van der Waals surface area (Å²) in [4.78, 5) is 20.1. The summed E-state index contributed by atoms with van der Waals surface area (Å²) in [6.45, 7) is 4.48. The monoisotopic (exact) mass is 563 g/mol. The van der Waals surface area contributed by atoms with Crippen LogP contribution < -0.4 is 0 Å². The lowest BCUT2D eigenvalue weighted by molar-refractivity contribution is -0.137. The summed E-state index contributed by atoms with van der Waals surface area (Å²) in [7, 11) is 0. The van der Waals surface area contributed by atoms with Gasteiger partial charge in [0.15, 0.2) is 0 Å². The molecule has 2 aromatic carbocycles. The van der Waals surface area contributed by atoms with E-state index in [1.165, 1.54) is 12.1 Å². The van der Waals surface area contributed by atoms with Gasteiger partial charge in [-0.3, -0.25) is 4.79 Å². The quantitative estimate of drug-likeness (QED) is 0.324. The molecule has 38 heavy (non-hydrogen) atoms. The molecule has 4 nitrogen and oxygen atoms in total. The van der Waals surface area contributed by atoms with Crippen LogP contribution in [-0.4, -0.2) is 53.4 Å². The van der Waals surface area contributed by atoms with Crippen molar-refractivity contribution in [3.05, 3.63) is 75.4 Å². The first kappa shape index (κ1) is 27.1. The average Bonchev–Trinajstić information content (AvgIpc) is 3.33. The minimum atomic E-state index is -4.34. The summed E-state index contributed by atoms with van der Waals surface area (Å²) in [5.41, 5.74) is 1.88. The van der Waals surface area contributed by atoms with Crippen LogP contribution in [0.15, 0.2) is 48.7 Å². The molecule has 2 aliphatic heterocycles. The summed E-state index contributed by atoms with van der Waals surface area (Å²) < 4.78 is 39.1. The second-order valence-corrected chi connectivity index (χ2v) is 11.2. The van der Waals surface area contributed by atoms with Crippen LogP contribution >= 0.6 is 23.2 Å². The molecule has 0 atom stereocenters. The van der Waals surface area contributed by atoms with Crippen molar-refractivity contribution in [2.75, 3.05) is 32.7 Å².